The lowest BCUT2D eigenvalue weighted by molar-refractivity contribution is 0.368. The third-order valence-corrected chi connectivity index (χ3v) is 1.74. The molecule has 0 bridgehead atoms. The van der Waals surface area contributed by atoms with Crippen LogP contribution in [0.5, 0.6) is 5.75 Å². The van der Waals surface area contributed by atoms with E-state index in [0.717, 1.165) is 4.47 Å². The van der Waals surface area contributed by atoms with Crippen molar-refractivity contribution in [1.82, 2.24) is 0 Å². The second kappa shape index (κ2) is 6.32. The van der Waals surface area contributed by atoms with Crippen LogP contribution in [0.2, 0.25) is 0 Å². The largest absolute Gasteiger partial charge is 0.673 e. The molecule has 0 radical (unpaired) electrons. The second-order valence-corrected chi connectivity index (χ2v) is 3.33. The lowest BCUT2D eigenvalue weighted by Crippen LogP contribution is -2.02. The molecule has 3 nitrogen and oxygen atoms in total. The molecule has 1 aromatic carbocycles. The molecular weight excluding hydrogens is 295 g/mol. The van der Waals surface area contributed by atoms with Crippen LogP contribution in [-0.4, -0.2) is 14.4 Å². The third-order valence-electron chi connectivity index (χ3n) is 1.25. The highest BCUT2D eigenvalue weighted by atomic mass is 79.9. The van der Waals surface area contributed by atoms with Gasteiger partial charge in [0.25, 0.3) is 0 Å². The number of methoxy groups -OCH3 is 1. The zero-order valence-electron chi connectivity index (χ0n) is 8.00. The Morgan fingerprint density at radius 2 is 1.81 bits per heavy atom. The normalized spacial score (nSPS) is 9.81. The zero-order chi connectivity index (χ0) is 12.8. The summed E-state index contributed by atoms with van der Waals surface area (Å²) in [5, 5.41) is 8.47. The van der Waals surface area contributed by atoms with Gasteiger partial charge in [0.2, 0.25) is 11.1 Å². The van der Waals surface area contributed by atoms with Crippen LogP contribution in [0, 0.1) is 5.39 Å². The first-order valence-electron chi connectivity index (χ1n) is 3.84. The van der Waals surface area contributed by atoms with E-state index in [0.29, 0.717) is 11.4 Å². The van der Waals surface area contributed by atoms with Gasteiger partial charge in [-0.15, -0.1) is 0 Å². The molecule has 0 aliphatic carbocycles. The molecule has 1 rings (SSSR count). The summed E-state index contributed by atoms with van der Waals surface area (Å²) >= 11 is 3.26. The monoisotopic (exact) mass is 300 g/mol. The van der Waals surface area contributed by atoms with Crippen LogP contribution in [0.15, 0.2) is 22.7 Å². The SMILES string of the molecule is COc1cc(Br)ccc1[N+]#N.F[B-](F)(F)F. The molecule has 0 saturated carbocycles. The molecule has 9 heteroatoms. The van der Waals surface area contributed by atoms with E-state index in [1.807, 2.05) is 0 Å². The Balaban J connectivity index is 0.000000385. The van der Waals surface area contributed by atoms with Gasteiger partial charge in [0.15, 0.2) is 4.98 Å². The molecule has 0 heterocycles. The predicted molar refractivity (Wildman–Crippen MR) is 55.6 cm³/mol. The highest BCUT2D eigenvalue weighted by Crippen LogP contribution is 2.29. The second-order valence-electron chi connectivity index (χ2n) is 2.41. The summed E-state index contributed by atoms with van der Waals surface area (Å²) in [4.78, 5) is 3.04. The van der Waals surface area contributed by atoms with Crippen molar-refractivity contribution in [2.45, 2.75) is 0 Å². The first kappa shape index (κ1) is 14.7. The molecule has 88 valence electrons. The Morgan fingerprint density at radius 1 is 1.31 bits per heavy atom. The van der Waals surface area contributed by atoms with E-state index >= 15 is 0 Å². The first-order chi connectivity index (χ1) is 7.27. The first-order valence-corrected chi connectivity index (χ1v) is 4.63. The van der Waals surface area contributed by atoms with E-state index in [1.54, 1.807) is 18.2 Å². The molecule has 0 aliphatic heterocycles. The average Bonchev–Trinajstić information content (AvgIpc) is 2.15. The number of nitrogens with zero attached hydrogens (tertiary/aromatic N) is 2. The van der Waals surface area contributed by atoms with Crippen LogP contribution >= 0.6 is 15.9 Å². The highest BCUT2D eigenvalue weighted by molar-refractivity contribution is 9.10. The molecular formula is C7H6BBrF4N2O. The van der Waals surface area contributed by atoms with Gasteiger partial charge in [-0.3, -0.25) is 0 Å². The lowest BCUT2D eigenvalue weighted by Gasteiger charge is -1.94. The fraction of sp³-hybridized carbons (Fsp3) is 0.143. The summed E-state index contributed by atoms with van der Waals surface area (Å²) in [6.45, 7) is 0. The number of hydrogen-bond donors (Lipinski definition) is 0. The molecule has 0 fully saturated rings. The smallest absolute Gasteiger partial charge is 0.489 e. The van der Waals surface area contributed by atoms with Gasteiger partial charge < -0.3 is 22.0 Å². The molecule has 0 N–H and O–H groups in total. The molecule has 0 saturated heterocycles. The summed E-state index contributed by atoms with van der Waals surface area (Å²) in [6, 6.07) is 5.16. The Kier molecular flexibility index (Phi) is 5.81. The minimum absolute atomic E-state index is 0.427. The van der Waals surface area contributed by atoms with E-state index in [9.17, 15) is 17.3 Å². The number of benzene rings is 1. The van der Waals surface area contributed by atoms with Crippen LogP contribution in [0.3, 0.4) is 0 Å². The Morgan fingerprint density at radius 3 is 2.19 bits per heavy atom. The van der Waals surface area contributed by atoms with Crippen LogP contribution in [0.25, 0.3) is 4.98 Å². The van der Waals surface area contributed by atoms with Crippen molar-refractivity contribution in [3.63, 3.8) is 0 Å². The Bertz CT molecular complexity index is 387. The summed E-state index contributed by atoms with van der Waals surface area (Å²) in [6.07, 6.45) is 0. The van der Waals surface area contributed by atoms with Gasteiger partial charge >= 0.3 is 12.9 Å². The van der Waals surface area contributed by atoms with Crippen LogP contribution in [-0.2, 0) is 0 Å². The van der Waals surface area contributed by atoms with Crippen molar-refractivity contribution in [1.29, 1.82) is 5.39 Å². The molecule has 0 atom stereocenters. The molecule has 0 unspecified atom stereocenters. The van der Waals surface area contributed by atoms with Crippen molar-refractivity contribution in [3.05, 3.63) is 27.6 Å². The molecule has 1 aromatic rings. The predicted octanol–water partition coefficient (Wildman–Crippen LogP) is 4.24. The minimum Gasteiger partial charge on any atom is -0.489 e. The van der Waals surface area contributed by atoms with Gasteiger partial charge in [-0.2, -0.15) is 0 Å². The standard InChI is InChI=1S/C7H6BrN2O.BF4/c1-11-7-4-5(8)2-3-6(7)10-9;2-1(3,4)5/h2-4H,1H3;/q+1;-1. The van der Waals surface area contributed by atoms with Crippen LogP contribution in [0.4, 0.5) is 23.0 Å². The van der Waals surface area contributed by atoms with E-state index in [-0.39, 0.29) is 0 Å². The summed E-state index contributed by atoms with van der Waals surface area (Å²) in [5.74, 6) is 0.543. The number of diazo groups is 1. The van der Waals surface area contributed by atoms with E-state index < -0.39 is 7.25 Å². The van der Waals surface area contributed by atoms with Crippen LogP contribution in [0.1, 0.15) is 0 Å². The average molecular weight is 301 g/mol. The summed E-state index contributed by atoms with van der Waals surface area (Å²) < 4.78 is 44.8. The van der Waals surface area contributed by atoms with Crippen molar-refractivity contribution in [2.24, 2.45) is 0 Å². The van der Waals surface area contributed by atoms with Gasteiger partial charge in [0.05, 0.1) is 7.11 Å². The van der Waals surface area contributed by atoms with Gasteiger partial charge in [-0.05, 0) is 6.07 Å². The number of rotatable bonds is 1. The van der Waals surface area contributed by atoms with Crippen molar-refractivity contribution < 1.29 is 22.0 Å². The van der Waals surface area contributed by atoms with E-state index in [1.165, 1.54) is 7.11 Å². The summed E-state index contributed by atoms with van der Waals surface area (Å²) in [7, 11) is -4.48. The van der Waals surface area contributed by atoms with Gasteiger partial charge in [-0.25, -0.2) is 0 Å². The minimum atomic E-state index is -6.00. The quantitative estimate of drug-likeness (QED) is 0.442. The number of hydrogen-bond acceptors (Lipinski definition) is 2. The molecule has 0 amide bonds. The van der Waals surface area contributed by atoms with Crippen molar-refractivity contribution in [2.75, 3.05) is 7.11 Å². The fourth-order valence-electron chi connectivity index (χ4n) is 0.734. The Hall–Kier alpha value is -1.30. The van der Waals surface area contributed by atoms with Crippen molar-refractivity contribution in [3.8, 4) is 5.75 Å². The van der Waals surface area contributed by atoms with Gasteiger partial charge in [-0.1, -0.05) is 15.9 Å². The maximum atomic E-state index is 9.75. The molecule has 0 aromatic heterocycles. The van der Waals surface area contributed by atoms with Gasteiger partial charge in [0, 0.05) is 16.6 Å². The molecule has 16 heavy (non-hydrogen) atoms. The number of ether oxygens (including phenoxy) is 1. The maximum Gasteiger partial charge on any atom is 0.673 e. The summed E-state index contributed by atoms with van der Waals surface area (Å²) in [5.41, 5.74) is 0.427. The van der Waals surface area contributed by atoms with E-state index in [4.69, 9.17) is 10.1 Å². The van der Waals surface area contributed by atoms with Crippen molar-refractivity contribution >= 4 is 28.9 Å². The van der Waals surface area contributed by atoms with Crippen LogP contribution < -0.4 is 4.74 Å². The molecule has 0 aliphatic rings. The van der Waals surface area contributed by atoms with E-state index in [2.05, 4.69) is 20.9 Å². The van der Waals surface area contributed by atoms with Gasteiger partial charge in [0.1, 0.15) is 0 Å². The topological polar surface area (TPSA) is 37.4 Å². The fourth-order valence-corrected chi connectivity index (χ4v) is 1.07. The lowest BCUT2D eigenvalue weighted by atomic mass is 10.3. The number of halogens is 5. The Labute approximate surface area is 97.3 Å². The molecule has 0 spiro atoms. The zero-order valence-corrected chi connectivity index (χ0v) is 9.59. The third kappa shape index (κ3) is 7.06. The highest BCUT2D eigenvalue weighted by Gasteiger charge is 2.20. The maximum absolute atomic E-state index is 9.75.